The molecule has 1 rings (SSSR count). The van der Waals surface area contributed by atoms with Crippen molar-refractivity contribution in [2.24, 2.45) is 17.8 Å². The van der Waals surface area contributed by atoms with Crippen molar-refractivity contribution in [3.8, 4) is 0 Å². The summed E-state index contributed by atoms with van der Waals surface area (Å²) >= 11 is -0.407. The van der Waals surface area contributed by atoms with Crippen LogP contribution in [0.15, 0.2) is 12.7 Å². The number of ether oxygens (including phenoxy) is 1. The second kappa shape index (κ2) is 11.8. The van der Waals surface area contributed by atoms with Crippen LogP contribution in [0.5, 0.6) is 0 Å². The molecule has 0 aromatic carbocycles. The lowest BCUT2D eigenvalue weighted by molar-refractivity contribution is 0.398. The van der Waals surface area contributed by atoms with Gasteiger partial charge in [0.15, 0.2) is 0 Å². The molecule has 1 heterocycles. The van der Waals surface area contributed by atoms with E-state index < -0.39 is 14.1 Å². The topological polar surface area (TPSA) is 12.5 Å². The van der Waals surface area contributed by atoms with E-state index in [1.807, 2.05) is 6.08 Å². The van der Waals surface area contributed by atoms with Gasteiger partial charge < -0.3 is 4.74 Å². The van der Waals surface area contributed by atoms with Crippen LogP contribution >= 0.6 is 0 Å². The first kappa shape index (κ1) is 20.2. The standard InChI is InChI=1S/C6H10O.3C4H9.Al/c1-2-3-4-6-5-7-6;3*1-4(2)3;/h2,6H,1,3-5H2;3*4H,1H2,2-3H3;. The number of allylic oxidation sites excluding steroid dienone is 1. The van der Waals surface area contributed by atoms with Gasteiger partial charge in [-0.05, 0) is 12.8 Å². The molecule has 0 aromatic rings. The summed E-state index contributed by atoms with van der Waals surface area (Å²) in [6.45, 7) is 18.8. The minimum absolute atomic E-state index is 0.407. The van der Waals surface area contributed by atoms with Gasteiger partial charge in [0.05, 0.1) is 12.7 Å². The Hall–Kier alpha value is 0.232. The van der Waals surface area contributed by atoms with Gasteiger partial charge in [-0.15, -0.1) is 6.58 Å². The van der Waals surface area contributed by atoms with Gasteiger partial charge in [-0.2, -0.15) is 0 Å². The smallest absolute Gasteiger partial charge is 0.262 e. The first-order valence-corrected chi connectivity index (χ1v) is 11.0. The van der Waals surface area contributed by atoms with E-state index >= 15 is 0 Å². The van der Waals surface area contributed by atoms with Crippen molar-refractivity contribution in [1.82, 2.24) is 0 Å². The van der Waals surface area contributed by atoms with E-state index in [0.717, 1.165) is 30.8 Å². The van der Waals surface area contributed by atoms with Crippen molar-refractivity contribution in [3.05, 3.63) is 12.7 Å². The highest BCUT2D eigenvalue weighted by atomic mass is 27.2. The van der Waals surface area contributed by atoms with Gasteiger partial charge in [-0.1, -0.05) is 81.2 Å². The number of epoxide rings is 1. The average Bonchev–Trinajstić information content (AvgIpc) is 3.07. The maximum Gasteiger partial charge on any atom is 0.262 e. The fourth-order valence-electron chi connectivity index (χ4n) is 2.83. The van der Waals surface area contributed by atoms with Crippen molar-refractivity contribution >= 4 is 14.1 Å². The Morgan fingerprint density at radius 3 is 1.65 bits per heavy atom. The van der Waals surface area contributed by atoms with Gasteiger partial charge in [0, 0.05) is 0 Å². The molecular formula is C18H37AlO. The summed E-state index contributed by atoms with van der Waals surface area (Å²) in [4.78, 5) is 0. The Labute approximate surface area is 132 Å². The minimum Gasteiger partial charge on any atom is -0.373 e. The average molecular weight is 296 g/mol. The maximum absolute atomic E-state index is 4.96. The molecule has 1 saturated heterocycles. The van der Waals surface area contributed by atoms with Crippen molar-refractivity contribution in [2.45, 2.75) is 76.3 Å². The molecule has 1 unspecified atom stereocenters. The molecule has 0 aliphatic carbocycles. The summed E-state index contributed by atoms with van der Waals surface area (Å²) in [6.07, 6.45) is 4.79. The van der Waals surface area contributed by atoms with Crippen LogP contribution in [0.25, 0.3) is 0 Å². The Morgan fingerprint density at radius 2 is 1.40 bits per heavy atom. The third-order valence-corrected chi connectivity index (χ3v) is 8.34. The number of hydrogen-bond donors (Lipinski definition) is 0. The molecule has 1 nitrogen and oxygen atoms in total. The molecule has 1 aliphatic rings. The molecule has 0 aromatic heterocycles. The highest BCUT2D eigenvalue weighted by Gasteiger charge is 2.21. The first-order chi connectivity index (χ1) is 9.35. The van der Waals surface area contributed by atoms with E-state index in [-0.39, 0.29) is 0 Å². The van der Waals surface area contributed by atoms with Crippen LogP contribution in [0.3, 0.4) is 0 Å². The molecule has 0 radical (unpaired) electrons. The molecule has 0 bridgehead atoms. The second-order valence-corrected chi connectivity index (χ2v) is 10.7. The van der Waals surface area contributed by atoms with E-state index in [1.165, 1.54) is 6.42 Å². The van der Waals surface area contributed by atoms with E-state index in [0.29, 0.717) is 6.10 Å². The van der Waals surface area contributed by atoms with Gasteiger partial charge >= 0.3 is 0 Å². The summed E-state index contributed by atoms with van der Waals surface area (Å²) in [5.41, 5.74) is 0. The zero-order valence-electron chi connectivity index (χ0n) is 14.8. The molecule has 118 valence electrons. The van der Waals surface area contributed by atoms with Crippen LogP contribution < -0.4 is 0 Å². The van der Waals surface area contributed by atoms with Crippen molar-refractivity contribution in [3.63, 3.8) is 0 Å². The lowest BCUT2D eigenvalue weighted by Crippen LogP contribution is -2.19. The van der Waals surface area contributed by atoms with Crippen LogP contribution in [0, 0.1) is 17.8 Å². The van der Waals surface area contributed by atoms with Crippen LogP contribution in [-0.2, 0) is 4.74 Å². The molecule has 2 heteroatoms. The SMILES string of the molecule is C=CCCC1CO1.CC(C)[CH2][Al]([CH2]C(C)C)[CH2]C(C)C. The van der Waals surface area contributed by atoms with Gasteiger partial charge in [-0.3, -0.25) is 0 Å². The molecule has 0 spiro atoms. The molecule has 1 aliphatic heterocycles. The van der Waals surface area contributed by atoms with Gasteiger partial charge in [0.1, 0.15) is 0 Å². The van der Waals surface area contributed by atoms with Crippen LogP contribution in [-0.4, -0.2) is 26.9 Å². The number of rotatable bonds is 9. The summed E-state index contributed by atoms with van der Waals surface area (Å²) in [7, 11) is 0. The van der Waals surface area contributed by atoms with Crippen molar-refractivity contribution in [1.29, 1.82) is 0 Å². The lowest BCUT2D eigenvalue weighted by atomic mass is 10.2. The molecule has 1 atom stereocenters. The Kier molecular flexibility index (Phi) is 12.0. The Morgan fingerprint density at radius 1 is 1.00 bits per heavy atom. The van der Waals surface area contributed by atoms with E-state index in [2.05, 4.69) is 48.1 Å². The molecule has 0 amide bonds. The third kappa shape index (κ3) is 14.6. The fourth-order valence-corrected chi connectivity index (χ4v) is 7.40. The molecule has 0 N–H and O–H groups in total. The molecular weight excluding hydrogens is 259 g/mol. The van der Waals surface area contributed by atoms with Gasteiger partial charge in [-0.25, -0.2) is 0 Å². The van der Waals surface area contributed by atoms with Crippen LogP contribution in [0.4, 0.5) is 0 Å². The minimum atomic E-state index is -0.407. The molecule has 0 saturated carbocycles. The third-order valence-electron chi connectivity index (χ3n) is 3.51. The van der Waals surface area contributed by atoms with E-state index in [4.69, 9.17) is 4.74 Å². The second-order valence-electron chi connectivity index (χ2n) is 7.58. The largest absolute Gasteiger partial charge is 0.373 e. The predicted molar refractivity (Wildman–Crippen MR) is 93.9 cm³/mol. The quantitative estimate of drug-likeness (QED) is 0.297. The summed E-state index contributed by atoms with van der Waals surface area (Å²) in [5, 5.41) is 4.66. The number of hydrogen-bond acceptors (Lipinski definition) is 1. The normalized spacial score (nSPS) is 17.1. The van der Waals surface area contributed by atoms with E-state index in [9.17, 15) is 0 Å². The molecule has 1 fully saturated rings. The van der Waals surface area contributed by atoms with Crippen LogP contribution in [0.2, 0.25) is 15.8 Å². The van der Waals surface area contributed by atoms with E-state index in [1.54, 1.807) is 15.8 Å². The van der Waals surface area contributed by atoms with Crippen molar-refractivity contribution in [2.75, 3.05) is 6.61 Å². The summed E-state index contributed by atoms with van der Waals surface area (Å²) < 4.78 is 4.96. The highest BCUT2D eigenvalue weighted by molar-refractivity contribution is 6.58. The predicted octanol–water partition coefficient (Wildman–Crippen LogP) is 5.80. The first-order valence-electron chi connectivity index (χ1n) is 8.57. The summed E-state index contributed by atoms with van der Waals surface area (Å²) in [5.74, 6) is 2.78. The lowest BCUT2D eigenvalue weighted by Gasteiger charge is -2.17. The highest BCUT2D eigenvalue weighted by Crippen LogP contribution is 2.21. The summed E-state index contributed by atoms with van der Waals surface area (Å²) in [6, 6.07) is 0. The maximum atomic E-state index is 4.96. The Balaban J connectivity index is 0.000000428. The van der Waals surface area contributed by atoms with Gasteiger partial charge in [0.2, 0.25) is 0 Å². The van der Waals surface area contributed by atoms with Crippen LogP contribution in [0.1, 0.15) is 54.4 Å². The zero-order chi connectivity index (χ0) is 15.5. The zero-order valence-corrected chi connectivity index (χ0v) is 16.0. The monoisotopic (exact) mass is 296 g/mol. The molecule has 20 heavy (non-hydrogen) atoms. The van der Waals surface area contributed by atoms with Crippen molar-refractivity contribution < 1.29 is 4.74 Å². The Bertz CT molecular complexity index is 208. The van der Waals surface area contributed by atoms with Gasteiger partial charge in [0.25, 0.3) is 14.1 Å². The fraction of sp³-hybridized carbons (Fsp3) is 0.889.